The largest absolute Gasteiger partial charge is 0.365 e. The van der Waals surface area contributed by atoms with Gasteiger partial charge in [0.1, 0.15) is 0 Å². The molecule has 0 saturated carbocycles. The van der Waals surface area contributed by atoms with Crippen molar-refractivity contribution in [2.24, 2.45) is 5.73 Å². The second kappa shape index (κ2) is 6.40. The number of nitrogens with two attached hydrogens (primary N) is 1. The first-order chi connectivity index (χ1) is 9.17. The Morgan fingerprint density at radius 3 is 2.79 bits per heavy atom. The van der Waals surface area contributed by atoms with Gasteiger partial charge in [0, 0.05) is 31.4 Å². The van der Waals surface area contributed by atoms with Crippen LogP contribution in [0.15, 0.2) is 18.2 Å². The first-order valence-corrected chi connectivity index (χ1v) is 7.41. The van der Waals surface area contributed by atoms with Crippen molar-refractivity contribution in [2.45, 2.75) is 32.7 Å². The average molecular weight is 261 g/mol. The summed E-state index contributed by atoms with van der Waals surface area (Å²) >= 11 is 0. The standard InChI is InChI=1S/C16H27N3/c1-4-14-7-5-6-13(2)16(14)19-11-10-18(3)12-15(19)8-9-17/h5-7,15H,4,8-12,17H2,1-3H3. The van der Waals surface area contributed by atoms with Crippen LogP contribution in [0.1, 0.15) is 24.5 Å². The summed E-state index contributed by atoms with van der Waals surface area (Å²) in [5.74, 6) is 0. The van der Waals surface area contributed by atoms with Gasteiger partial charge in [-0.1, -0.05) is 25.1 Å². The quantitative estimate of drug-likeness (QED) is 0.900. The molecule has 1 atom stereocenters. The van der Waals surface area contributed by atoms with Crippen LogP contribution in [-0.2, 0) is 6.42 Å². The molecule has 2 rings (SSSR count). The number of para-hydroxylation sites is 1. The minimum absolute atomic E-state index is 0.551. The molecular weight excluding hydrogens is 234 g/mol. The van der Waals surface area contributed by atoms with Gasteiger partial charge in [-0.25, -0.2) is 0 Å². The summed E-state index contributed by atoms with van der Waals surface area (Å²) in [5.41, 5.74) is 10.1. The molecule has 1 heterocycles. The Hall–Kier alpha value is -1.06. The van der Waals surface area contributed by atoms with Crippen LogP contribution in [0.5, 0.6) is 0 Å². The van der Waals surface area contributed by atoms with Crippen molar-refractivity contribution < 1.29 is 0 Å². The highest BCUT2D eigenvalue weighted by Crippen LogP contribution is 2.29. The van der Waals surface area contributed by atoms with E-state index in [1.54, 1.807) is 0 Å². The molecule has 106 valence electrons. The first kappa shape index (κ1) is 14.4. The molecule has 0 amide bonds. The lowest BCUT2D eigenvalue weighted by molar-refractivity contribution is 0.261. The SMILES string of the molecule is CCc1cccc(C)c1N1CCN(C)CC1CCN. The zero-order chi connectivity index (χ0) is 13.8. The predicted octanol–water partition coefficient (Wildman–Crippen LogP) is 2.03. The van der Waals surface area contributed by atoms with Gasteiger partial charge in [0.2, 0.25) is 0 Å². The van der Waals surface area contributed by atoms with E-state index < -0.39 is 0 Å². The predicted molar refractivity (Wildman–Crippen MR) is 82.9 cm³/mol. The molecule has 1 aliphatic rings. The van der Waals surface area contributed by atoms with Gasteiger partial charge >= 0.3 is 0 Å². The third-order valence-corrected chi connectivity index (χ3v) is 4.18. The summed E-state index contributed by atoms with van der Waals surface area (Å²) in [6.07, 6.45) is 2.17. The van der Waals surface area contributed by atoms with Crippen LogP contribution in [0.2, 0.25) is 0 Å². The minimum atomic E-state index is 0.551. The fourth-order valence-electron chi connectivity index (χ4n) is 3.16. The second-order valence-electron chi connectivity index (χ2n) is 5.62. The Morgan fingerprint density at radius 1 is 1.32 bits per heavy atom. The average Bonchev–Trinajstić information content (AvgIpc) is 2.40. The topological polar surface area (TPSA) is 32.5 Å². The Morgan fingerprint density at radius 2 is 2.11 bits per heavy atom. The van der Waals surface area contributed by atoms with E-state index in [0.29, 0.717) is 6.04 Å². The van der Waals surface area contributed by atoms with Gasteiger partial charge in [0.05, 0.1) is 0 Å². The van der Waals surface area contributed by atoms with Crippen LogP contribution in [-0.4, -0.2) is 44.2 Å². The van der Waals surface area contributed by atoms with Gasteiger partial charge in [0.25, 0.3) is 0 Å². The molecule has 3 heteroatoms. The fraction of sp³-hybridized carbons (Fsp3) is 0.625. The molecule has 1 unspecified atom stereocenters. The zero-order valence-corrected chi connectivity index (χ0v) is 12.5. The van der Waals surface area contributed by atoms with E-state index in [0.717, 1.165) is 39.0 Å². The monoisotopic (exact) mass is 261 g/mol. The second-order valence-corrected chi connectivity index (χ2v) is 5.62. The highest BCUT2D eigenvalue weighted by atomic mass is 15.3. The van der Waals surface area contributed by atoms with E-state index in [1.807, 2.05) is 0 Å². The lowest BCUT2D eigenvalue weighted by Gasteiger charge is -2.43. The van der Waals surface area contributed by atoms with Crippen LogP contribution >= 0.6 is 0 Å². The Bertz CT molecular complexity index is 416. The summed E-state index contributed by atoms with van der Waals surface area (Å²) < 4.78 is 0. The number of likely N-dealkylation sites (N-methyl/N-ethyl adjacent to an activating group) is 1. The van der Waals surface area contributed by atoms with E-state index >= 15 is 0 Å². The number of anilines is 1. The number of aryl methyl sites for hydroxylation is 2. The van der Waals surface area contributed by atoms with E-state index in [9.17, 15) is 0 Å². The van der Waals surface area contributed by atoms with Crippen LogP contribution < -0.4 is 10.6 Å². The normalized spacial score (nSPS) is 20.8. The molecule has 1 aromatic rings. The van der Waals surface area contributed by atoms with Crippen LogP contribution in [0.4, 0.5) is 5.69 Å². The van der Waals surface area contributed by atoms with Crippen molar-refractivity contribution in [3.8, 4) is 0 Å². The van der Waals surface area contributed by atoms with E-state index in [2.05, 4.69) is 48.9 Å². The maximum atomic E-state index is 5.81. The summed E-state index contributed by atoms with van der Waals surface area (Å²) in [6.45, 7) is 8.60. The minimum Gasteiger partial charge on any atom is -0.365 e. The Labute approximate surface area is 117 Å². The van der Waals surface area contributed by atoms with Crippen LogP contribution in [0.25, 0.3) is 0 Å². The van der Waals surface area contributed by atoms with Gasteiger partial charge in [0.15, 0.2) is 0 Å². The molecule has 0 aromatic heterocycles. The molecule has 1 aromatic carbocycles. The number of piperazine rings is 1. The molecule has 0 aliphatic carbocycles. The van der Waals surface area contributed by atoms with Crippen molar-refractivity contribution in [3.63, 3.8) is 0 Å². The molecule has 0 bridgehead atoms. The molecule has 1 saturated heterocycles. The number of hydrogen-bond donors (Lipinski definition) is 1. The van der Waals surface area contributed by atoms with Gasteiger partial charge in [-0.05, 0) is 44.5 Å². The Balaban J connectivity index is 2.32. The van der Waals surface area contributed by atoms with Gasteiger partial charge < -0.3 is 15.5 Å². The number of rotatable bonds is 4. The molecular formula is C16H27N3. The van der Waals surface area contributed by atoms with Crippen molar-refractivity contribution in [2.75, 3.05) is 38.1 Å². The first-order valence-electron chi connectivity index (χ1n) is 7.41. The summed E-state index contributed by atoms with van der Waals surface area (Å²) in [5, 5.41) is 0. The lowest BCUT2D eigenvalue weighted by atomic mass is 10.0. The van der Waals surface area contributed by atoms with Crippen molar-refractivity contribution >= 4 is 5.69 Å². The molecule has 1 fully saturated rings. The summed E-state index contributed by atoms with van der Waals surface area (Å²) in [7, 11) is 2.21. The fourth-order valence-corrected chi connectivity index (χ4v) is 3.16. The lowest BCUT2D eigenvalue weighted by Crippen LogP contribution is -2.53. The summed E-state index contributed by atoms with van der Waals surface area (Å²) in [6, 6.07) is 7.22. The third kappa shape index (κ3) is 3.10. The van der Waals surface area contributed by atoms with Crippen LogP contribution in [0.3, 0.4) is 0 Å². The van der Waals surface area contributed by atoms with E-state index in [-0.39, 0.29) is 0 Å². The van der Waals surface area contributed by atoms with Gasteiger partial charge in [-0.2, -0.15) is 0 Å². The molecule has 1 aliphatic heterocycles. The highest BCUT2D eigenvalue weighted by Gasteiger charge is 2.26. The molecule has 0 spiro atoms. The maximum Gasteiger partial charge on any atom is 0.0431 e. The molecule has 19 heavy (non-hydrogen) atoms. The van der Waals surface area contributed by atoms with Crippen LogP contribution in [0, 0.1) is 6.92 Å². The molecule has 0 radical (unpaired) electrons. The smallest absolute Gasteiger partial charge is 0.0431 e. The van der Waals surface area contributed by atoms with E-state index in [1.165, 1.54) is 16.8 Å². The van der Waals surface area contributed by atoms with Crippen molar-refractivity contribution in [3.05, 3.63) is 29.3 Å². The number of hydrogen-bond acceptors (Lipinski definition) is 3. The molecule has 3 nitrogen and oxygen atoms in total. The van der Waals surface area contributed by atoms with Gasteiger partial charge in [-0.15, -0.1) is 0 Å². The van der Waals surface area contributed by atoms with Crippen molar-refractivity contribution in [1.29, 1.82) is 0 Å². The highest BCUT2D eigenvalue weighted by molar-refractivity contribution is 5.60. The van der Waals surface area contributed by atoms with E-state index in [4.69, 9.17) is 5.73 Å². The summed E-state index contributed by atoms with van der Waals surface area (Å²) in [4.78, 5) is 5.02. The number of nitrogens with zero attached hydrogens (tertiary/aromatic N) is 2. The Kier molecular flexibility index (Phi) is 4.83. The van der Waals surface area contributed by atoms with Crippen molar-refractivity contribution in [1.82, 2.24) is 4.90 Å². The maximum absolute atomic E-state index is 5.81. The zero-order valence-electron chi connectivity index (χ0n) is 12.5. The number of benzene rings is 1. The van der Waals surface area contributed by atoms with Gasteiger partial charge in [-0.3, -0.25) is 0 Å². The molecule has 2 N–H and O–H groups in total. The third-order valence-electron chi connectivity index (χ3n) is 4.18.